The van der Waals surface area contributed by atoms with Gasteiger partial charge >= 0.3 is 0 Å². The molecule has 45 heavy (non-hydrogen) atoms. The summed E-state index contributed by atoms with van der Waals surface area (Å²) < 4.78 is 0. The predicted octanol–water partition coefficient (Wildman–Crippen LogP) is 3.45. The molecule has 9 atom stereocenters. The van der Waals surface area contributed by atoms with E-state index >= 15 is 0 Å². The number of carbonyl (C=O) groups excluding carboxylic acids is 2. The lowest BCUT2D eigenvalue weighted by Gasteiger charge is -2.62. The fourth-order valence-electron chi connectivity index (χ4n) is 8.65. The number of carbonyl (C=O) groups is 2. The maximum Gasteiger partial charge on any atom is 0.251 e. The van der Waals surface area contributed by atoms with Gasteiger partial charge in [0.05, 0.1) is 19.3 Å². The molecule has 5 aliphatic rings. The maximum absolute atomic E-state index is 14.0. The first-order chi connectivity index (χ1) is 21.5. The number of amides is 2. The first-order valence-corrected chi connectivity index (χ1v) is 16.7. The maximum atomic E-state index is 14.0. The Morgan fingerprint density at radius 3 is 2.47 bits per heavy atom. The number of hydrogen-bond acceptors (Lipinski definition) is 7. The molecule has 5 fully saturated rings. The first-order valence-electron chi connectivity index (χ1n) is 16.7. The Balaban J connectivity index is 1.15. The molecule has 2 bridgehead atoms. The third kappa shape index (κ3) is 6.30. The highest BCUT2D eigenvalue weighted by molar-refractivity contribution is 5.95. The van der Waals surface area contributed by atoms with Crippen molar-refractivity contribution in [2.24, 2.45) is 29.1 Å². The number of likely N-dealkylation sites (N-methyl/N-ethyl adjacent to an activating group) is 1. The van der Waals surface area contributed by atoms with Gasteiger partial charge in [0.1, 0.15) is 12.1 Å². The van der Waals surface area contributed by atoms with Gasteiger partial charge in [-0.1, -0.05) is 51.1 Å². The van der Waals surface area contributed by atoms with Gasteiger partial charge in [-0.2, -0.15) is 5.06 Å². The normalized spacial score (nSPS) is 33.4. The molecule has 2 amide bonds. The summed E-state index contributed by atoms with van der Waals surface area (Å²) in [5.74, 6) is 0.810. The van der Waals surface area contributed by atoms with Crippen LogP contribution in [0.25, 0.3) is 11.1 Å². The van der Waals surface area contributed by atoms with Crippen molar-refractivity contribution in [3.05, 3.63) is 59.7 Å². The van der Waals surface area contributed by atoms with Gasteiger partial charge in [0.15, 0.2) is 0 Å². The zero-order valence-electron chi connectivity index (χ0n) is 27.3. The first kappa shape index (κ1) is 32.1. The smallest absolute Gasteiger partial charge is 0.251 e. The molecule has 0 aromatic heterocycles. The standard InChI is InChI=1S/C36H50N4O5/c1-21-29-16-27(36(29,3)4)17-30(21)38-35(44)33-32(22(2)42)31(20-41)45-40(33)18-23-7-6-8-26(15-23)24-9-11-25(12-10-24)34(43)37-28-13-14-39(5)19-28/h6-12,15,21-22,27-33,41-42H,13-14,16-20H2,1-5H3,(H,37,43)(H,38,44)/t21-,22-,27+,28+,29-,30?,31-,32+,33-/m0/s1. The van der Waals surface area contributed by atoms with E-state index in [1.54, 1.807) is 12.0 Å². The lowest BCUT2D eigenvalue weighted by molar-refractivity contribution is -0.183. The van der Waals surface area contributed by atoms with Gasteiger partial charge in [0.2, 0.25) is 5.91 Å². The van der Waals surface area contributed by atoms with Crippen molar-refractivity contribution >= 4 is 11.8 Å². The van der Waals surface area contributed by atoms with Gasteiger partial charge in [-0.25, -0.2) is 0 Å². The van der Waals surface area contributed by atoms with E-state index < -0.39 is 24.2 Å². The average molecular weight is 619 g/mol. The molecular formula is C36H50N4O5. The van der Waals surface area contributed by atoms with Gasteiger partial charge in [-0.3, -0.25) is 14.4 Å². The number of aliphatic hydroxyl groups excluding tert-OH is 2. The van der Waals surface area contributed by atoms with E-state index in [0.717, 1.165) is 42.6 Å². The largest absolute Gasteiger partial charge is 0.394 e. The highest BCUT2D eigenvalue weighted by Crippen LogP contribution is 2.61. The molecule has 2 saturated heterocycles. The van der Waals surface area contributed by atoms with Gasteiger partial charge in [-0.15, -0.1) is 0 Å². The number of rotatable bonds is 9. The summed E-state index contributed by atoms with van der Waals surface area (Å²) in [4.78, 5) is 35.1. The van der Waals surface area contributed by atoms with Crippen molar-refractivity contribution in [3.63, 3.8) is 0 Å². The molecule has 9 heteroatoms. The Labute approximate surface area is 267 Å². The molecule has 9 nitrogen and oxygen atoms in total. The summed E-state index contributed by atoms with van der Waals surface area (Å²) in [6.45, 7) is 10.5. The monoisotopic (exact) mass is 618 g/mol. The van der Waals surface area contributed by atoms with Crippen LogP contribution in [0.1, 0.15) is 62.9 Å². The molecule has 1 unspecified atom stereocenters. The van der Waals surface area contributed by atoms with E-state index in [1.807, 2.05) is 42.5 Å². The van der Waals surface area contributed by atoms with E-state index in [-0.39, 0.29) is 30.5 Å². The zero-order chi connectivity index (χ0) is 32.0. The van der Waals surface area contributed by atoms with E-state index in [0.29, 0.717) is 35.3 Å². The molecular weight excluding hydrogens is 568 g/mol. The molecule has 7 rings (SSSR count). The van der Waals surface area contributed by atoms with Crippen LogP contribution in [-0.2, 0) is 16.2 Å². The van der Waals surface area contributed by atoms with Crippen LogP contribution in [0, 0.1) is 29.1 Å². The van der Waals surface area contributed by atoms with Gasteiger partial charge < -0.3 is 25.7 Å². The minimum atomic E-state index is -0.837. The summed E-state index contributed by atoms with van der Waals surface area (Å²) in [6, 6.07) is 15.2. The molecule has 244 valence electrons. The van der Waals surface area contributed by atoms with Crippen molar-refractivity contribution < 1.29 is 24.6 Å². The second kappa shape index (κ2) is 12.8. The molecule has 2 aromatic carbocycles. The summed E-state index contributed by atoms with van der Waals surface area (Å²) in [5.41, 5.74) is 3.86. The average Bonchev–Trinajstić information content (AvgIpc) is 3.60. The quantitative estimate of drug-likeness (QED) is 0.341. The SMILES string of the molecule is C[C@H](O)[C@@H]1[C@H](CO)ON(Cc2cccc(-c3ccc(C(=O)N[C@@H]4CCN(C)C4)cc3)c2)[C@@H]1C(=O)NC1C[C@H]2C[C@@H]([C@@H]1C)C2(C)C. The summed E-state index contributed by atoms with van der Waals surface area (Å²) in [5, 5.41) is 29.0. The van der Waals surface area contributed by atoms with Gasteiger partial charge in [0, 0.05) is 30.1 Å². The van der Waals surface area contributed by atoms with E-state index in [4.69, 9.17) is 4.84 Å². The van der Waals surface area contributed by atoms with Crippen molar-refractivity contribution in [1.82, 2.24) is 20.6 Å². The van der Waals surface area contributed by atoms with E-state index in [9.17, 15) is 19.8 Å². The van der Waals surface area contributed by atoms with Gasteiger partial charge in [0.25, 0.3) is 5.91 Å². The van der Waals surface area contributed by atoms with Crippen LogP contribution in [0.3, 0.4) is 0 Å². The molecule has 0 spiro atoms. The highest BCUT2D eigenvalue weighted by Gasteiger charge is 2.57. The van der Waals surface area contributed by atoms with Crippen LogP contribution in [0.15, 0.2) is 48.5 Å². The number of likely N-dealkylation sites (tertiary alicyclic amines) is 1. The second-order valence-electron chi connectivity index (χ2n) is 14.7. The van der Waals surface area contributed by atoms with Crippen LogP contribution >= 0.6 is 0 Å². The Morgan fingerprint density at radius 2 is 1.84 bits per heavy atom. The molecule has 3 saturated carbocycles. The number of hydrogen-bond donors (Lipinski definition) is 4. The topological polar surface area (TPSA) is 114 Å². The molecule has 2 aromatic rings. The number of benzene rings is 2. The Morgan fingerprint density at radius 1 is 1.09 bits per heavy atom. The van der Waals surface area contributed by atoms with Crippen LogP contribution in [0.5, 0.6) is 0 Å². The highest BCUT2D eigenvalue weighted by atomic mass is 16.7. The van der Waals surface area contributed by atoms with Crippen LogP contribution in [0.4, 0.5) is 0 Å². The van der Waals surface area contributed by atoms with E-state index in [1.165, 1.54) is 6.42 Å². The zero-order valence-corrected chi connectivity index (χ0v) is 27.3. The van der Waals surface area contributed by atoms with Crippen molar-refractivity contribution in [2.45, 2.75) is 83.8 Å². The molecule has 2 heterocycles. The number of fused-ring (bicyclic) bond motifs is 2. The third-order valence-corrected chi connectivity index (χ3v) is 11.5. The number of nitrogens with one attached hydrogen (secondary N) is 2. The van der Waals surface area contributed by atoms with Crippen molar-refractivity contribution in [3.8, 4) is 11.1 Å². The second-order valence-corrected chi connectivity index (χ2v) is 14.7. The molecule has 2 aliphatic heterocycles. The summed E-state index contributed by atoms with van der Waals surface area (Å²) in [6.07, 6.45) is 1.64. The minimum Gasteiger partial charge on any atom is -0.394 e. The predicted molar refractivity (Wildman–Crippen MR) is 173 cm³/mol. The number of hydroxylamine groups is 2. The summed E-state index contributed by atoms with van der Waals surface area (Å²) >= 11 is 0. The fourth-order valence-corrected chi connectivity index (χ4v) is 8.65. The molecule has 0 radical (unpaired) electrons. The fraction of sp³-hybridized carbons (Fsp3) is 0.611. The molecule has 3 aliphatic carbocycles. The number of aliphatic hydroxyl groups is 2. The van der Waals surface area contributed by atoms with Crippen molar-refractivity contribution in [2.75, 3.05) is 26.7 Å². The van der Waals surface area contributed by atoms with Crippen LogP contribution < -0.4 is 10.6 Å². The lowest BCUT2D eigenvalue weighted by Crippen LogP contribution is -2.62. The van der Waals surface area contributed by atoms with Crippen molar-refractivity contribution in [1.29, 1.82) is 0 Å². The lowest BCUT2D eigenvalue weighted by atomic mass is 9.45. The van der Waals surface area contributed by atoms with Gasteiger partial charge in [-0.05, 0) is 97.8 Å². The Hall–Kier alpha value is -2.82. The van der Waals surface area contributed by atoms with Crippen LogP contribution in [-0.4, -0.2) is 89.1 Å². The Kier molecular flexibility index (Phi) is 9.11. The summed E-state index contributed by atoms with van der Waals surface area (Å²) in [7, 11) is 2.07. The number of nitrogens with zero attached hydrogens (tertiary/aromatic N) is 2. The Bertz CT molecular complexity index is 1380. The minimum absolute atomic E-state index is 0.0550. The van der Waals surface area contributed by atoms with Crippen LogP contribution in [0.2, 0.25) is 0 Å². The molecule has 4 N–H and O–H groups in total. The third-order valence-electron chi connectivity index (χ3n) is 11.5. The van der Waals surface area contributed by atoms with E-state index in [2.05, 4.69) is 49.4 Å².